The van der Waals surface area contributed by atoms with Crippen molar-refractivity contribution in [2.75, 3.05) is 17.2 Å². The minimum absolute atomic E-state index is 0.0769. The van der Waals surface area contributed by atoms with Gasteiger partial charge in [0.05, 0.1) is 6.04 Å². The zero-order chi connectivity index (χ0) is 25.5. The molecule has 0 aromatic heterocycles. The lowest BCUT2D eigenvalue weighted by atomic mass is 10.1. The number of nitrogens with two attached hydrogens (primary N) is 1. The minimum Gasteiger partial charge on any atom is -0.444 e. The molecule has 3 aromatic carbocycles. The van der Waals surface area contributed by atoms with E-state index in [9.17, 15) is 4.79 Å². The summed E-state index contributed by atoms with van der Waals surface area (Å²) in [7, 11) is 0. The summed E-state index contributed by atoms with van der Waals surface area (Å²) in [6, 6.07) is 27.3. The Morgan fingerprint density at radius 1 is 0.972 bits per heavy atom. The van der Waals surface area contributed by atoms with Gasteiger partial charge in [0, 0.05) is 31.0 Å². The van der Waals surface area contributed by atoms with Crippen molar-refractivity contribution in [1.29, 1.82) is 0 Å². The molecule has 1 heterocycles. The van der Waals surface area contributed by atoms with Gasteiger partial charge in [-0.2, -0.15) is 0 Å². The molecule has 36 heavy (non-hydrogen) atoms. The number of para-hydroxylation sites is 1. The SMILES string of the molecule is CC(C)(C)OC(=O)N1CCCC1C=Cc1ccc(CN(Cc2ccc(N)cc2)c2ccccc2)cc1. The van der Waals surface area contributed by atoms with Gasteiger partial charge in [-0.3, -0.25) is 0 Å². The first-order valence-corrected chi connectivity index (χ1v) is 12.7. The fourth-order valence-electron chi connectivity index (χ4n) is 4.44. The highest BCUT2D eigenvalue weighted by atomic mass is 16.6. The molecule has 1 unspecified atom stereocenters. The van der Waals surface area contributed by atoms with Gasteiger partial charge in [0.25, 0.3) is 0 Å². The lowest BCUT2D eigenvalue weighted by Gasteiger charge is -2.27. The van der Waals surface area contributed by atoms with Gasteiger partial charge in [0.15, 0.2) is 0 Å². The number of hydrogen-bond acceptors (Lipinski definition) is 4. The number of ether oxygens (including phenoxy) is 1. The number of carbonyl (C=O) groups is 1. The predicted molar refractivity (Wildman–Crippen MR) is 149 cm³/mol. The van der Waals surface area contributed by atoms with Gasteiger partial charge in [-0.1, -0.05) is 66.7 Å². The van der Waals surface area contributed by atoms with Crippen molar-refractivity contribution >= 4 is 23.5 Å². The predicted octanol–water partition coefficient (Wildman–Crippen LogP) is 6.89. The lowest BCUT2D eigenvalue weighted by Crippen LogP contribution is -2.39. The summed E-state index contributed by atoms with van der Waals surface area (Å²) in [5, 5.41) is 0. The van der Waals surface area contributed by atoms with Gasteiger partial charge in [0.1, 0.15) is 5.60 Å². The number of likely N-dealkylation sites (tertiary alicyclic amines) is 1. The smallest absolute Gasteiger partial charge is 0.410 e. The normalized spacial score (nSPS) is 15.9. The molecule has 1 amide bonds. The van der Waals surface area contributed by atoms with E-state index in [1.54, 1.807) is 0 Å². The van der Waals surface area contributed by atoms with Crippen LogP contribution < -0.4 is 10.6 Å². The van der Waals surface area contributed by atoms with E-state index in [1.807, 2.05) is 43.9 Å². The van der Waals surface area contributed by atoms with Gasteiger partial charge in [-0.05, 0) is 74.6 Å². The van der Waals surface area contributed by atoms with E-state index in [-0.39, 0.29) is 12.1 Å². The Bertz CT molecular complexity index is 1150. The zero-order valence-electron chi connectivity index (χ0n) is 21.6. The number of hydrogen-bond donors (Lipinski definition) is 1. The maximum Gasteiger partial charge on any atom is 0.410 e. The van der Waals surface area contributed by atoms with Crippen molar-refractivity contribution in [2.24, 2.45) is 0 Å². The first-order valence-electron chi connectivity index (χ1n) is 12.7. The number of nitrogens with zero attached hydrogens (tertiary/aromatic N) is 2. The zero-order valence-corrected chi connectivity index (χ0v) is 21.6. The maximum absolute atomic E-state index is 12.6. The molecule has 1 aliphatic heterocycles. The Kier molecular flexibility index (Phi) is 7.99. The third-order valence-corrected chi connectivity index (χ3v) is 6.27. The van der Waals surface area contributed by atoms with Crippen LogP contribution in [0.3, 0.4) is 0 Å². The largest absolute Gasteiger partial charge is 0.444 e. The third-order valence-electron chi connectivity index (χ3n) is 6.27. The lowest BCUT2D eigenvalue weighted by molar-refractivity contribution is 0.0256. The molecule has 5 heteroatoms. The summed E-state index contributed by atoms with van der Waals surface area (Å²) in [4.78, 5) is 16.8. The quantitative estimate of drug-likeness (QED) is 0.372. The van der Waals surface area contributed by atoms with E-state index in [2.05, 4.69) is 77.7 Å². The van der Waals surface area contributed by atoms with Crippen LogP contribution in [0.1, 0.15) is 50.3 Å². The topological polar surface area (TPSA) is 58.8 Å². The van der Waals surface area contributed by atoms with Crippen molar-refractivity contribution in [3.63, 3.8) is 0 Å². The summed E-state index contributed by atoms with van der Waals surface area (Å²) in [5.41, 5.74) is 10.9. The Hall–Kier alpha value is -3.73. The average molecular weight is 484 g/mol. The molecule has 5 nitrogen and oxygen atoms in total. The van der Waals surface area contributed by atoms with E-state index in [4.69, 9.17) is 10.5 Å². The molecule has 0 radical (unpaired) electrons. The Labute approximate surface area is 215 Å². The molecule has 2 N–H and O–H groups in total. The fraction of sp³-hybridized carbons (Fsp3) is 0.323. The molecular weight excluding hydrogens is 446 g/mol. The molecule has 1 saturated heterocycles. The summed E-state index contributed by atoms with van der Waals surface area (Å²) in [6.45, 7) is 8.06. The van der Waals surface area contributed by atoms with Crippen molar-refractivity contribution in [3.05, 3.63) is 102 Å². The van der Waals surface area contributed by atoms with Crippen LogP contribution in [-0.2, 0) is 17.8 Å². The Balaban J connectivity index is 1.42. The molecule has 0 saturated carbocycles. The molecule has 0 bridgehead atoms. The van der Waals surface area contributed by atoms with E-state index in [1.165, 1.54) is 16.8 Å². The fourth-order valence-corrected chi connectivity index (χ4v) is 4.44. The van der Waals surface area contributed by atoms with Crippen LogP contribution in [0.5, 0.6) is 0 Å². The number of amides is 1. The Morgan fingerprint density at radius 3 is 2.19 bits per heavy atom. The number of rotatable bonds is 7. The minimum atomic E-state index is -0.481. The van der Waals surface area contributed by atoms with Crippen LogP contribution in [0.4, 0.5) is 16.2 Å². The second-order valence-electron chi connectivity index (χ2n) is 10.4. The van der Waals surface area contributed by atoms with Crippen LogP contribution >= 0.6 is 0 Å². The van der Waals surface area contributed by atoms with Crippen molar-refractivity contribution in [3.8, 4) is 0 Å². The number of carbonyl (C=O) groups excluding carboxylic acids is 1. The molecule has 3 aromatic rings. The van der Waals surface area contributed by atoms with Crippen LogP contribution in [0, 0.1) is 0 Å². The van der Waals surface area contributed by atoms with Crippen molar-refractivity contribution in [1.82, 2.24) is 4.90 Å². The highest BCUT2D eigenvalue weighted by Gasteiger charge is 2.30. The summed E-state index contributed by atoms with van der Waals surface area (Å²) < 4.78 is 5.58. The highest BCUT2D eigenvalue weighted by Crippen LogP contribution is 2.24. The summed E-state index contributed by atoms with van der Waals surface area (Å²) in [6.07, 6.45) is 5.97. The van der Waals surface area contributed by atoms with E-state index >= 15 is 0 Å². The summed E-state index contributed by atoms with van der Waals surface area (Å²) in [5.74, 6) is 0. The molecular formula is C31H37N3O2. The molecule has 1 fully saturated rings. The number of anilines is 2. The van der Waals surface area contributed by atoms with Crippen LogP contribution in [0.2, 0.25) is 0 Å². The second kappa shape index (κ2) is 11.3. The van der Waals surface area contributed by atoms with Gasteiger partial charge < -0.3 is 20.3 Å². The molecule has 4 rings (SSSR count). The first-order chi connectivity index (χ1) is 17.3. The number of benzene rings is 3. The Morgan fingerprint density at radius 2 is 1.58 bits per heavy atom. The molecule has 188 valence electrons. The van der Waals surface area contributed by atoms with Crippen LogP contribution in [0.25, 0.3) is 6.08 Å². The van der Waals surface area contributed by atoms with Crippen LogP contribution in [0.15, 0.2) is 84.9 Å². The van der Waals surface area contributed by atoms with E-state index in [0.717, 1.165) is 43.7 Å². The van der Waals surface area contributed by atoms with Crippen molar-refractivity contribution < 1.29 is 9.53 Å². The molecule has 1 aliphatic rings. The van der Waals surface area contributed by atoms with E-state index in [0.29, 0.717) is 0 Å². The summed E-state index contributed by atoms with van der Waals surface area (Å²) >= 11 is 0. The first kappa shape index (κ1) is 25.4. The number of nitrogen functional groups attached to an aromatic ring is 1. The average Bonchev–Trinajstić information content (AvgIpc) is 3.33. The van der Waals surface area contributed by atoms with Gasteiger partial charge in [-0.15, -0.1) is 0 Å². The van der Waals surface area contributed by atoms with Gasteiger partial charge in [0.2, 0.25) is 0 Å². The standard InChI is InChI=1S/C31H37N3O2/c1-31(2,3)36-30(35)34-21-7-10-29(34)20-17-24-11-13-25(14-12-24)22-33(28-8-5-4-6-9-28)23-26-15-18-27(32)19-16-26/h4-6,8-9,11-20,29H,7,10,21-23,32H2,1-3H3. The van der Waals surface area contributed by atoms with Gasteiger partial charge in [-0.25, -0.2) is 4.79 Å². The van der Waals surface area contributed by atoms with Crippen LogP contribution in [-0.4, -0.2) is 29.2 Å². The molecule has 1 atom stereocenters. The van der Waals surface area contributed by atoms with E-state index < -0.39 is 5.60 Å². The maximum atomic E-state index is 12.6. The molecule has 0 spiro atoms. The third kappa shape index (κ3) is 7.14. The monoisotopic (exact) mass is 483 g/mol. The highest BCUT2D eigenvalue weighted by molar-refractivity contribution is 5.69. The molecule has 0 aliphatic carbocycles. The second-order valence-corrected chi connectivity index (χ2v) is 10.4. The van der Waals surface area contributed by atoms with Crippen molar-refractivity contribution in [2.45, 2.75) is 58.3 Å². The van der Waals surface area contributed by atoms with Gasteiger partial charge >= 0.3 is 6.09 Å².